The summed E-state index contributed by atoms with van der Waals surface area (Å²) in [7, 11) is 0. The maximum atomic E-state index is 12.8. The normalized spacial score (nSPS) is 27.4. The Bertz CT molecular complexity index is 528. The summed E-state index contributed by atoms with van der Waals surface area (Å²) in [5.74, 6) is -0.0869. The predicted octanol–water partition coefficient (Wildman–Crippen LogP) is 1.86. The van der Waals surface area contributed by atoms with Crippen molar-refractivity contribution in [3.05, 3.63) is 16.1 Å². The van der Waals surface area contributed by atoms with Crippen LogP contribution in [0.3, 0.4) is 0 Å². The largest absolute Gasteiger partial charge is 0.342 e. The minimum atomic E-state index is -0.813. The molecule has 0 bridgehead atoms. The summed E-state index contributed by atoms with van der Waals surface area (Å²) in [6.45, 7) is 8.04. The number of nitrogens with zero attached hydrogens (tertiary/aromatic N) is 2. The number of carbonyl (C=O) groups excluding carboxylic acids is 2. The van der Waals surface area contributed by atoms with Crippen LogP contribution in [-0.4, -0.2) is 33.3 Å². The average molecular weight is 295 g/mol. The molecule has 1 aromatic heterocycles. The average Bonchev–Trinajstić information content (AvgIpc) is 2.76. The van der Waals surface area contributed by atoms with Crippen molar-refractivity contribution in [2.45, 2.75) is 58.7 Å². The molecule has 20 heavy (non-hydrogen) atoms. The predicted molar refractivity (Wildman–Crippen MR) is 78.3 cm³/mol. The van der Waals surface area contributed by atoms with Gasteiger partial charge in [-0.1, -0.05) is 6.92 Å². The van der Waals surface area contributed by atoms with Crippen molar-refractivity contribution >= 4 is 23.2 Å². The molecule has 2 amide bonds. The Labute approximate surface area is 123 Å². The second-order valence-electron chi connectivity index (χ2n) is 5.58. The summed E-state index contributed by atoms with van der Waals surface area (Å²) < 4.78 is 0. The van der Waals surface area contributed by atoms with Gasteiger partial charge in [0.05, 0.1) is 17.2 Å². The number of nitrogens with one attached hydrogen (secondary N) is 1. The summed E-state index contributed by atoms with van der Waals surface area (Å²) in [5.41, 5.74) is 0.0768. The van der Waals surface area contributed by atoms with E-state index >= 15 is 0 Å². The van der Waals surface area contributed by atoms with Gasteiger partial charge in [-0.25, -0.2) is 4.98 Å². The molecule has 2 atom stereocenters. The molecule has 1 N–H and O–H groups in total. The molecule has 1 aliphatic heterocycles. The topological polar surface area (TPSA) is 62.3 Å². The maximum absolute atomic E-state index is 12.8. The quantitative estimate of drug-likeness (QED) is 0.926. The Morgan fingerprint density at radius 2 is 2.25 bits per heavy atom. The minimum Gasteiger partial charge on any atom is -0.342 e. The lowest BCUT2D eigenvalue weighted by Gasteiger charge is -2.33. The number of aromatic nitrogens is 1. The molecule has 110 valence electrons. The van der Waals surface area contributed by atoms with Gasteiger partial charge in [-0.15, -0.1) is 11.3 Å². The Kier molecular flexibility index (Phi) is 4.13. The van der Waals surface area contributed by atoms with Crippen LogP contribution in [0.4, 0.5) is 0 Å². The monoisotopic (exact) mass is 295 g/mol. The summed E-state index contributed by atoms with van der Waals surface area (Å²) in [5, 5.41) is 5.82. The van der Waals surface area contributed by atoms with E-state index in [0.717, 1.165) is 10.7 Å². The first-order valence-electron chi connectivity index (χ1n) is 6.89. The van der Waals surface area contributed by atoms with Crippen LogP contribution in [0.2, 0.25) is 0 Å². The van der Waals surface area contributed by atoms with Crippen molar-refractivity contribution in [1.29, 1.82) is 0 Å². The number of thiazole rings is 1. The van der Waals surface area contributed by atoms with Gasteiger partial charge in [0, 0.05) is 17.8 Å². The van der Waals surface area contributed by atoms with Gasteiger partial charge < -0.3 is 10.2 Å². The highest BCUT2D eigenvalue weighted by Crippen LogP contribution is 2.23. The molecule has 0 radical (unpaired) electrons. The lowest BCUT2D eigenvalue weighted by atomic mass is 9.97. The summed E-state index contributed by atoms with van der Waals surface area (Å²) in [6.07, 6.45) is 0.918. The number of carbonyl (C=O) groups is 2. The minimum absolute atomic E-state index is 0.0241. The van der Waals surface area contributed by atoms with Crippen LogP contribution in [-0.2, 0) is 16.1 Å². The molecular weight excluding hydrogens is 274 g/mol. The zero-order valence-electron chi connectivity index (χ0n) is 12.4. The van der Waals surface area contributed by atoms with Crippen molar-refractivity contribution in [3.63, 3.8) is 0 Å². The molecule has 0 spiro atoms. The zero-order valence-corrected chi connectivity index (χ0v) is 13.2. The highest BCUT2D eigenvalue weighted by atomic mass is 32.1. The van der Waals surface area contributed by atoms with E-state index in [4.69, 9.17) is 0 Å². The van der Waals surface area contributed by atoms with E-state index in [2.05, 4.69) is 10.3 Å². The van der Waals surface area contributed by atoms with Gasteiger partial charge in [0.2, 0.25) is 11.8 Å². The smallest absolute Gasteiger partial charge is 0.248 e. The van der Waals surface area contributed by atoms with Crippen LogP contribution in [0.1, 0.15) is 44.3 Å². The van der Waals surface area contributed by atoms with E-state index in [1.165, 1.54) is 0 Å². The molecule has 6 heteroatoms. The van der Waals surface area contributed by atoms with Crippen molar-refractivity contribution < 1.29 is 9.59 Å². The molecule has 0 aromatic carbocycles. The van der Waals surface area contributed by atoms with Crippen LogP contribution >= 0.6 is 11.3 Å². The van der Waals surface area contributed by atoms with Crippen LogP contribution in [0.5, 0.6) is 0 Å². The van der Waals surface area contributed by atoms with Crippen molar-refractivity contribution in [2.75, 3.05) is 0 Å². The SMILES string of the molecule is CCC1(C)NC(=O)CC(C)N(Cc2csc(C)n2)C1=O. The Hall–Kier alpha value is -1.43. The molecule has 0 aliphatic carbocycles. The van der Waals surface area contributed by atoms with E-state index in [-0.39, 0.29) is 17.9 Å². The Morgan fingerprint density at radius 1 is 1.55 bits per heavy atom. The molecule has 1 saturated heterocycles. The fraction of sp³-hybridized carbons (Fsp3) is 0.643. The fourth-order valence-corrected chi connectivity index (χ4v) is 3.03. The van der Waals surface area contributed by atoms with E-state index in [0.29, 0.717) is 19.4 Å². The summed E-state index contributed by atoms with van der Waals surface area (Å²) in [6, 6.07) is -0.113. The Balaban J connectivity index is 2.28. The molecular formula is C14H21N3O2S. The van der Waals surface area contributed by atoms with Crippen LogP contribution in [0.15, 0.2) is 5.38 Å². The number of rotatable bonds is 3. The third-order valence-corrected chi connectivity index (χ3v) is 4.69. The van der Waals surface area contributed by atoms with Crippen LogP contribution in [0.25, 0.3) is 0 Å². The molecule has 0 saturated carbocycles. The van der Waals surface area contributed by atoms with Gasteiger partial charge in [0.15, 0.2) is 0 Å². The van der Waals surface area contributed by atoms with E-state index in [1.807, 2.05) is 26.2 Å². The molecule has 5 nitrogen and oxygen atoms in total. The van der Waals surface area contributed by atoms with Crippen molar-refractivity contribution in [1.82, 2.24) is 15.2 Å². The second kappa shape index (κ2) is 5.52. The number of aryl methyl sites for hydroxylation is 1. The first-order chi connectivity index (χ1) is 9.35. The van der Waals surface area contributed by atoms with Gasteiger partial charge >= 0.3 is 0 Å². The molecule has 2 rings (SSSR count). The molecule has 1 aromatic rings. The van der Waals surface area contributed by atoms with Gasteiger partial charge in [0.1, 0.15) is 5.54 Å². The summed E-state index contributed by atoms with van der Waals surface area (Å²) >= 11 is 1.58. The highest BCUT2D eigenvalue weighted by molar-refractivity contribution is 7.09. The standard InChI is InChI=1S/C14H21N3O2S/c1-5-14(4)13(19)17(9(2)6-12(18)16-14)7-11-8-20-10(3)15-11/h8-9H,5-7H2,1-4H3,(H,16,18). The molecule has 1 fully saturated rings. The number of hydrogen-bond acceptors (Lipinski definition) is 4. The van der Waals surface area contributed by atoms with E-state index in [1.54, 1.807) is 23.2 Å². The van der Waals surface area contributed by atoms with Crippen molar-refractivity contribution in [2.24, 2.45) is 0 Å². The van der Waals surface area contributed by atoms with E-state index in [9.17, 15) is 9.59 Å². The number of amides is 2. The lowest BCUT2D eigenvalue weighted by molar-refractivity contribution is -0.140. The fourth-order valence-electron chi connectivity index (χ4n) is 2.43. The van der Waals surface area contributed by atoms with Crippen LogP contribution < -0.4 is 5.32 Å². The Morgan fingerprint density at radius 3 is 2.80 bits per heavy atom. The lowest BCUT2D eigenvalue weighted by Crippen LogP contribution is -2.55. The molecule has 2 unspecified atom stereocenters. The van der Waals surface area contributed by atoms with Gasteiger partial charge in [-0.2, -0.15) is 0 Å². The first kappa shape index (κ1) is 15.0. The van der Waals surface area contributed by atoms with Gasteiger partial charge in [-0.3, -0.25) is 9.59 Å². The van der Waals surface area contributed by atoms with Gasteiger partial charge in [-0.05, 0) is 27.2 Å². The second-order valence-corrected chi connectivity index (χ2v) is 6.64. The third-order valence-electron chi connectivity index (χ3n) is 3.87. The zero-order chi connectivity index (χ0) is 14.9. The third kappa shape index (κ3) is 2.85. The highest BCUT2D eigenvalue weighted by Gasteiger charge is 2.41. The summed E-state index contributed by atoms with van der Waals surface area (Å²) in [4.78, 5) is 30.9. The van der Waals surface area contributed by atoms with Crippen molar-refractivity contribution in [3.8, 4) is 0 Å². The van der Waals surface area contributed by atoms with Gasteiger partial charge in [0.25, 0.3) is 0 Å². The first-order valence-corrected chi connectivity index (χ1v) is 7.77. The maximum Gasteiger partial charge on any atom is 0.248 e. The van der Waals surface area contributed by atoms with Crippen LogP contribution in [0, 0.1) is 6.92 Å². The van der Waals surface area contributed by atoms with E-state index < -0.39 is 5.54 Å². The number of hydrogen-bond donors (Lipinski definition) is 1. The molecule has 1 aliphatic rings. The molecule has 2 heterocycles.